The summed E-state index contributed by atoms with van der Waals surface area (Å²) in [5.74, 6) is 0. The molecule has 2 heteroatoms. The highest BCUT2D eigenvalue weighted by molar-refractivity contribution is 4.89. The molecule has 1 heterocycles. The van der Waals surface area contributed by atoms with Gasteiger partial charge in [0.1, 0.15) is 0 Å². The van der Waals surface area contributed by atoms with Gasteiger partial charge in [-0.15, -0.1) is 0 Å². The maximum Gasteiger partial charge on any atom is 0.0893 e. The van der Waals surface area contributed by atoms with Crippen molar-refractivity contribution in [2.45, 2.75) is 97.3 Å². The van der Waals surface area contributed by atoms with Crippen LogP contribution in [0.25, 0.3) is 0 Å². The van der Waals surface area contributed by atoms with Crippen molar-refractivity contribution in [3.8, 4) is 0 Å². The van der Waals surface area contributed by atoms with Gasteiger partial charge in [0, 0.05) is 25.5 Å². The van der Waals surface area contributed by atoms with Gasteiger partial charge in [-0.1, -0.05) is 84.5 Å². The summed E-state index contributed by atoms with van der Waals surface area (Å²) in [6.07, 6.45) is 23.0. The van der Waals surface area contributed by atoms with Gasteiger partial charge in [-0.05, 0) is 12.8 Å². The summed E-state index contributed by atoms with van der Waals surface area (Å²) in [6, 6.07) is 0. The van der Waals surface area contributed by atoms with Crippen molar-refractivity contribution >= 4 is 0 Å². The lowest BCUT2D eigenvalue weighted by molar-refractivity contribution is 0.261. The average molecular weight is 309 g/mol. The van der Waals surface area contributed by atoms with Crippen LogP contribution >= 0.6 is 0 Å². The fraction of sp³-hybridized carbons (Fsp3) is 0.900. The molecular formula is C20H40N2. The monoisotopic (exact) mass is 308 g/mol. The van der Waals surface area contributed by atoms with E-state index in [2.05, 4.69) is 36.0 Å². The van der Waals surface area contributed by atoms with E-state index in [0.29, 0.717) is 0 Å². The highest BCUT2D eigenvalue weighted by Gasteiger charge is 2.09. The summed E-state index contributed by atoms with van der Waals surface area (Å²) in [4.78, 5) is 4.88. The molecule has 2 nitrogen and oxygen atoms in total. The molecule has 0 saturated carbocycles. The van der Waals surface area contributed by atoms with E-state index in [9.17, 15) is 0 Å². The molecule has 0 aliphatic carbocycles. The first kappa shape index (κ1) is 19.4. The number of hydrogen-bond acceptors (Lipinski definition) is 2. The van der Waals surface area contributed by atoms with Crippen LogP contribution < -0.4 is 0 Å². The van der Waals surface area contributed by atoms with Gasteiger partial charge in [0.25, 0.3) is 0 Å². The fourth-order valence-electron chi connectivity index (χ4n) is 3.25. The number of unbranched alkanes of at least 4 members (excludes halogenated alkanes) is 11. The van der Waals surface area contributed by atoms with Crippen molar-refractivity contribution in [1.29, 1.82) is 0 Å². The summed E-state index contributed by atoms with van der Waals surface area (Å²) >= 11 is 0. The summed E-state index contributed by atoms with van der Waals surface area (Å²) in [6.45, 7) is 8.11. The summed E-state index contributed by atoms with van der Waals surface area (Å²) in [7, 11) is 0. The quantitative estimate of drug-likeness (QED) is 0.335. The van der Waals surface area contributed by atoms with Crippen LogP contribution in [0.2, 0.25) is 0 Å². The second-order valence-electron chi connectivity index (χ2n) is 6.95. The Morgan fingerprint density at radius 2 is 1.00 bits per heavy atom. The molecule has 0 aromatic rings. The first-order chi connectivity index (χ1) is 10.9. The number of rotatable bonds is 15. The Morgan fingerprint density at radius 1 is 0.545 bits per heavy atom. The van der Waals surface area contributed by atoms with Crippen molar-refractivity contribution < 1.29 is 0 Å². The smallest absolute Gasteiger partial charge is 0.0893 e. The zero-order chi connectivity index (χ0) is 15.9. The van der Waals surface area contributed by atoms with Gasteiger partial charge < -0.3 is 9.80 Å². The van der Waals surface area contributed by atoms with E-state index < -0.39 is 0 Å². The maximum absolute atomic E-state index is 2.46. The third-order valence-electron chi connectivity index (χ3n) is 4.66. The van der Waals surface area contributed by atoms with Crippen molar-refractivity contribution in [2.75, 3.05) is 19.8 Å². The van der Waals surface area contributed by atoms with Crippen LogP contribution in [0, 0.1) is 0 Å². The Labute approximate surface area is 139 Å². The van der Waals surface area contributed by atoms with E-state index in [1.165, 1.54) is 96.6 Å². The molecule has 0 spiro atoms. The third kappa shape index (κ3) is 10.1. The van der Waals surface area contributed by atoms with E-state index in [-0.39, 0.29) is 0 Å². The van der Waals surface area contributed by atoms with E-state index in [1.54, 1.807) is 0 Å². The second kappa shape index (κ2) is 14.0. The highest BCUT2D eigenvalue weighted by atomic mass is 15.3. The first-order valence-corrected chi connectivity index (χ1v) is 10.0. The predicted octanol–water partition coefficient (Wildman–Crippen LogP) is 6.14. The maximum atomic E-state index is 2.46. The fourth-order valence-corrected chi connectivity index (χ4v) is 3.25. The van der Waals surface area contributed by atoms with Crippen LogP contribution in [-0.2, 0) is 0 Å². The van der Waals surface area contributed by atoms with E-state index in [0.717, 1.165) is 6.67 Å². The van der Waals surface area contributed by atoms with E-state index in [4.69, 9.17) is 0 Å². The lowest BCUT2D eigenvalue weighted by atomic mass is 10.1. The topological polar surface area (TPSA) is 6.48 Å². The molecule has 0 saturated heterocycles. The van der Waals surface area contributed by atoms with E-state index in [1.807, 2.05) is 0 Å². The van der Waals surface area contributed by atoms with Crippen molar-refractivity contribution in [2.24, 2.45) is 0 Å². The Kier molecular flexibility index (Phi) is 12.3. The lowest BCUT2D eigenvalue weighted by Crippen LogP contribution is -2.26. The standard InChI is InChI=1S/C20H40N2/c1-3-5-6-7-8-9-10-11-12-13-14-15-17-22-19-18-21(20-22)16-4-2/h18-19H,3-17,20H2,1-2H3. The summed E-state index contributed by atoms with van der Waals surface area (Å²) < 4.78 is 0. The minimum atomic E-state index is 1.12. The normalized spacial score (nSPS) is 14.3. The van der Waals surface area contributed by atoms with Gasteiger partial charge >= 0.3 is 0 Å². The Bertz CT molecular complexity index is 262. The molecule has 0 N–H and O–H groups in total. The van der Waals surface area contributed by atoms with Crippen LogP contribution in [0.15, 0.2) is 12.4 Å². The van der Waals surface area contributed by atoms with Crippen LogP contribution in [0.1, 0.15) is 97.3 Å². The predicted molar refractivity (Wildman–Crippen MR) is 98.8 cm³/mol. The molecule has 22 heavy (non-hydrogen) atoms. The van der Waals surface area contributed by atoms with E-state index >= 15 is 0 Å². The second-order valence-corrected chi connectivity index (χ2v) is 6.95. The molecule has 0 aromatic carbocycles. The molecule has 1 aliphatic rings. The van der Waals surface area contributed by atoms with Gasteiger partial charge in [-0.3, -0.25) is 0 Å². The molecule has 0 aromatic heterocycles. The zero-order valence-corrected chi connectivity index (χ0v) is 15.4. The zero-order valence-electron chi connectivity index (χ0n) is 15.4. The van der Waals surface area contributed by atoms with Crippen molar-refractivity contribution in [3.63, 3.8) is 0 Å². The molecule has 0 amide bonds. The van der Waals surface area contributed by atoms with Crippen LogP contribution in [-0.4, -0.2) is 29.6 Å². The number of nitrogens with zero attached hydrogens (tertiary/aromatic N) is 2. The van der Waals surface area contributed by atoms with Gasteiger partial charge in [0.15, 0.2) is 0 Å². The summed E-state index contributed by atoms with van der Waals surface area (Å²) in [5, 5.41) is 0. The molecule has 0 unspecified atom stereocenters. The van der Waals surface area contributed by atoms with Crippen LogP contribution in [0.5, 0.6) is 0 Å². The summed E-state index contributed by atoms with van der Waals surface area (Å²) in [5.41, 5.74) is 0. The van der Waals surface area contributed by atoms with Gasteiger partial charge in [0.2, 0.25) is 0 Å². The minimum absolute atomic E-state index is 1.12. The lowest BCUT2D eigenvalue weighted by Gasteiger charge is -2.20. The van der Waals surface area contributed by atoms with Gasteiger partial charge in [-0.25, -0.2) is 0 Å². The Balaban J connectivity index is 1.76. The molecule has 0 atom stereocenters. The Hall–Kier alpha value is -0.660. The minimum Gasteiger partial charge on any atom is -0.359 e. The molecule has 0 bridgehead atoms. The van der Waals surface area contributed by atoms with Gasteiger partial charge in [-0.2, -0.15) is 0 Å². The molecule has 130 valence electrons. The third-order valence-corrected chi connectivity index (χ3v) is 4.66. The van der Waals surface area contributed by atoms with Crippen LogP contribution in [0.3, 0.4) is 0 Å². The number of hydrogen-bond donors (Lipinski definition) is 0. The SMILES string of the molecule is CCCCCCCCCCCCCCN1C=CN(CCC)C1. The molecule has 0 fully saturated rings. The molecule has 1 rings (SSSR count). The molecule has 0 radical (unpaired) electrons. The van der Waals surface area contributed by atoms with Crippen LogP contribution in [0.4, 0.5) is 0 Å². The largest absolute Gasteiger partial charge is 0.359 e. The Morgan fingerprint density at radius 3 is 1.50 bits per heavy atom. The first-order valence-electron chi connectivity index (χ1n) is 10.0. The van der Waals surface area contributed by atoms with Gasteiger partial charge in [0.05, 0.1) is 6.67 Å². The molecular weight excluding hydrogens is 268 g/mol. The molecule has 1 aliphatic heterocycles. The van der Waals surface area contributed by atoms with Crippen molar-refractivity contribution in [3.05, 3.63) is 12.4 Å². The highest BCUT2D eigenvalue weighted by Crippen LogP contribution is 2.13. The average Bonchev–Trinajstić information content (AvgIpc) is 2.96. The van der Waals surface area contributed by atoms with Crippen molar-refractivity contribution in [1.82, 2.24) is 9.80 Å².